The number of amides is 1. The summed E-state index contributed by atoms with van der Waals surface area (Å²) in [6, 6.07) is 21.1. The van der Waals surface area contributed by atoms with E-state index in [-0.39, 0.29) is 11.8 Å². The maximum Gasteiger partial charge on any atom is 0.223 e. The molecule has 1 aliphatic carbocycles. The van der Waals surface area contributed by atoms with E-state index in [1.807, 2.05) is 12.1 Å². The third-order valence-corrected chi connectivity index (χ3v) is 5.52. The van der Waals surface area contributed by atoms with Crippen LogP contribution in [-0.2, 0) is 11.2 Å². The summed E-state index contributed by atoms with van der Waals surface area (Å²) in [6.07, 6.45) is 4.06. The van der Waals surface area contributed by atoms with Gasteiger partial charge in [-0.05, 0) is 64.9 Å². The minimum absolute atomic E-state index is 0.211. The van der Waals surface area contributed by atoms with Crippen LogP contribution < -0.4 is 10.1 Å². The summed E-state index contributed by atoms with van der Waals surface area (Å²) < 4.78 is 5.42. The van der Waals surface area contributed by atoms with E-state index in [9.17, 15) is 4.79 Å². The fourth-order valence-electron chi connectivity index (χ4n) is 3.68. The Kier molecular flexibility index (Phi) is 5.10. The lowest BCUT2D eigenvalue weighted by Crippen LogP contribution is -2.35. The lowest BCUT2D eigenvalue weighted by atomic mass is 9.85. The van der Waals surface area contributed by atoms with Crippen LogP contribution in [0.2, 0.25) is 0 Å². The van der Waals surface area contributed by atoms with Gasteiger partial charge in [-0.25, -0.2) is 0 Å². The Morgan fingerprint density at radius 2 is 1.85 bits per heavy atom. The zero-order chi connectivity index (χ0) is 18.6. The normalized spacial score (nSPS) is 14.0. The number of methoxy groups -OCH3 is 1. The Bertz CT molecular complexity index is 945. The Balaban J connectivity index is 1.63. The monoisotopic (exact) mass is 359 g/mol. The van der Waals surface area contributed by atoms with Crippen LogP contribution in [0.5, 0.6) is 5.75 Å². The van der Waals surface area contributed by atoms with Crippen LogP contribution in [-0.4, -0.2) is 19.6 Å². The van der Waals surface area contributed by atoms with Crippen molar-refractivity contribution in [3.63, 3.8) is 0 Å². The van der Waals surface area contributed by atoms with E-state index in [2.05, 4.69) is 53.8 Å². The Morgan fingerprint density at radius 1 is 1.04 bits per heavy atom. The Labute approximate surface area is 160 Å². The average Bonchev–Trinajstić information content (AvgIpc) is 2.66. The summed E-state index contributed by atoms with van der Waals surface area (Å²) in [5.41, 5.74) is 3.64. The van der Waals surface area contributed by atoms with E-state index in [0.717, 1.165) is 25.0 Å². The van der Waals surface area contributed by atoms with Gasteiger partial charge in [-0.15, -0.1) is 0 Å². The van der Waals surface area contributed by atoms with Crippen molar-refractivity contribution in [2.75, 3.05) is 13.7 Å². The largest absolute Gasteiger partial charge is 0.497 e. The molecule has 3 nitrogen and oxygen atoms in total. The number of nitrogens with one attached hydrogen (secondary N) is 1. The molecule has 1 saturated carbocycles. The van der Waals surface area contributed by atoms with Gasteiger partial charge in [0, 0.05) is 12.5 Å². The standard InChI is InChI=1S/C24H25NO2/c1-27-22-11-10-19-14-21(17-6-3-2-4-7-17)15-20(23(19)16-22)12-13-25-24(26)18-8-5-9-18/h2-4,6-7,10-11,14-16,18H,5,8-9,12-13H2,1H3,(H,25,26). The number of carbonyl (C=O) groups excluding carboxylic acids is 1. The van der Waals surface area contributed by atoms with Crippen LogP contribution in [0.1, 0.15) is 24.8 Å². The molecule has 3 aromatic carbocycles. The van der Waals surface area contributed by atoms with Crippen molar-refractivity contribution in [2.24, 2.45) is 5.92 Å². The summed E-state index contributed by atoms with van der Waals surface area (Å²) in [6.45, 7) is 0.667. The molecule has 0 aliphatic heterocycles. The van der Waals surface area contributed by atoms with Gasteiger partial charge >= 0.3 is 0 Å². The van der Waals surface area contributed by atoms with E-state index >= 15 is 0 Å². The summed E-state index contributed by atoms with van der Waals surface area (Å²) in [5, 5.41) is 5.49. The summed E-state index contributed by atoms with van der Waals surface area (Å²) in [5.74, 6) is 1.30. The lowest BCUT2D eigenvalue weighted by Gasteiger charge is -2.24. The highest BCUT2D eigenvalue weighted by Crippen LogP contribution is 2.31. The molecule has 1 aliphatic rings. The molecule has 3 aromatic rings. The molecule has 3 heteroatoms. The molecular weight excluding hydrogens is 334 g/mol. The number of hydrogen-bond donors (Lipinski definition) is 1. The van der Waals surface area contributed by atoms with Crippen LogP contribution in [0.15, 0.2) is 60.7 Å². The number of rotatable bonds is 6. The highest BCUT2D eigenvalue weighted by Gasteiger charge is 2.24. The van der Waals surface area contributed by atoms with Crippen molar-refractivity contribution in [3.8, 4) is 16.9 Å². The van der Waals surface area contributed by atoms with Crippen molar-refractivity contribution in [1.82, 2.24) is 5.32 Å². The maximum absolute atomic E-state index is 12.1. The molecule has 0 aromatic heterocycles. The van der Waals surface area contributed by atoms with Crippen molar-refractivity contribution >= 4 is 16.7 Å². The number of benzene rings is 3. The minimum atomic E-state index is 0.211. The highest BCUT2D eigenvalue weighted by molar-refractivity contribution is 5.91. The molecule has 0 radical (unpaired) electrons. The second-order valence-electron chi connectivity index (χ2n) is 7.26. The predicted octanol–water partition coefficient (Wildman–Crippen LogP) is 4.97. The molecule has 138 valence electrons. The van der Waals surface area contributed by atoms with Gasteiger partial charge in [-0.1, -0.05) is 48.9 Å². The van der Waals surface area contributed by atoms with Crippen LogP contribution in [0.25, 0.3) is 21.9 Å². The van der Waals surface area contributed by atoms with E-state index < -0.39 is 0 Å². The van der Waals surface area contributed by atoms with Crippen molar-refractivity contribution < 1.29 is 9.53 Å². The van der Waals surface area contributed by atoms with E-state index in [4.69, 9.17) is 4.74 Å². The third-order valence-electron chi connectivity index (χ3n) is 5.52. The van der Waals surface area contributed by atoms with Gasteiger partial charge < -0.3 is 10.1 Å². The van der Waals surface area contributed by atoms with Gasteiger partial charge in [-0.2, -0.15) is 0 Å². The number of fused-ring (bicyclic) bond motifs is 1. The van der Waals surface area contributed by atoms with Gasteiger partial charge in [0.25, 0.3) is 0 Å². The predicted molar refractivity (Wildman–Crippen MR) is 110 cm³/mol. The molecule has 0 saturated heterocycles. The van der Waals surface area contributed by atoms with Crippen LogP contribution in [0.3, 0.4) is 0 Å². The van der Waals surface area contributed by atoms with Crippen molar-refractivity contribution in [1.29, 1.82) is 0 Å². The first-order chi connectivity index (χ1) is 13.2. The second kappa shape index (κ2) is 7.83. The van der Waals surface area contributed by atoms with Gasteiger partial charge in [0.15, 0.2) is 0 Å². The zero-order valence-corrected chi connectivity index (χ0v) is 15.7. The SMILES string of the molecule is COc1ccc2cc(-c3ccccc3)cc(CCNC(=O)C3CCC3)c2c1. The second-order valence-corrected chi connectivity index (χ2v) is 7.26. The Hall–Kier alpha value is -2.81. The van der Waals surface area contributed by atoms with Gasteiger partial charge in [0.1, 0.15) is 5.75 Å². The fraction of sp³-hybridized carbons (Fsp3) is 0.292. The summed E-state index contributed by atoms with van der Waals surface area (Å²) in [4.78, 5) is 12.1. The van der Waals surface area contributed by atoms with Crippen LogP contribution >= 0.6 is 0 Å². The molecule has 1 amide bonds. The molecule has 0 atom stereocenters. The first kappa shape index (κ1) is 17.6. The zero-order valence-electron chi connectivity index (χ0n) is 15.7. The lowest BCUT2D eigenvalue weighted by molar-refractivity contribution is -0.127. The molecule has 0 bridgehead atoms. The van der Waals surface area contributed by atoms with Crippen molar-refractivity contribution in [3.05, 3.63) is 66.2 Å². The molecule has 0 heterocycles. The highest BCUT2D eigenvalue weighted by atomic mass is 16.5. The number of ether oxygens (including phenoxy) is 1. The Morgan fingerprint density at radius 3 is 2.56 bits per heavy atom. The van der Waals surface area contributed by atoms with Gasteiger partial charge in [-0.3, -0.25) is 4.79 Å². The topological polar surface area (TPSA) is 38.3 Å². The first-order valence-corrected chi connectivity index (χ1v) is 9.68. The molecule has 1 fully saturated rings. The van der Waals surface area contributed by atoms with E-state index in [1.165, 1.54) is 33.9 Å². The number of hydrogen-bond acceptors (Lipinski definition) is 2. The summed E-state index contributed by atoms with van der Waals surface area (Å²) in [7, 11) is 1.69. The smallest absolute Gasteiger partial charge is 0.223 e. The van der Waals surface area contributed by atoms with Crippen molar-refractivity contribution in [2.45, 2.75) is 25.7 Å². The third kappa shape index (κ3) is 3.82. The molecule has 0 unspecified atom stereocenters. The average molecular weight is 359 g/mol. The maximum atomic E-state index is 12.1. The van der Waals surface area contributed by atoms with Crippen LogP contribution in [0.4, 0.5) is 0 Å². The van der Waals surface area contributed by atoms with E-state index in [1.54, 1.807) is 7.11 Å². The van der Waals surface area contributed by atoms with Gasteiger partial charge in [0.2, 0.25) is 5.91 Å². The molecular formula is C24H25NO2. The molecule has 27 heavy (non-hydrogen) atoms. The fourth-order valence-corrected chi connectivity index (χ4v) is 3.68. The minimum Gasteiger partial charge on any atom is -0.497 e. The van der Waals surface area contributed by atoms with Crippen LogP contribution in [0, 0.1) is 5.92 Å². The first-order valence-electron chi connectivity index (χ1n) is 9.68. The van der Waals surface area contributed by atoms with E-state index in [0.29, 0.717) is 6.54 Å². The number of carbonyl (C=O) groups is 1. The molecule has 4 rings (SSSR count). The van der Waals surface area contributed by atoms with Gasteiger partial charge in [0.05, 0.1) is 7.11 Å². The molecule has 1 N–H and O–H groups in total. The summed E-state index contributed by atoms with van der Waals surface area (Å²) >= 11 is 0. The quantitative estimate of drug-likeness (QED) is 0.674. The molecule has 0 spiro atoms.